The molecule has 1 aromatic carbocycles. The third-order valence-corrected chi connectivity index (χ3v) is 3.35. The van der Waals surface area contributed by atoms with Gasteiger partial charge in [0, 0.05) is 18.2 Å². The lowest BCUT2D eigenvalue weighted by atomic mass is 9.94. The summed E-state index contributed by atoms with van der Waals surface area (Å²) >= 11 is 0. The Morgan fingerprint density at radius 1 is 1.32 bits per heavy atom. The van der Waals surface area contributed by atoms with Gasteiger partial charge in [0.2, 0.25) is 12.3 Å². The van der Waals surface area contributed by atoms with Crippen LogP contribution in [0.1, 0.15) is 19.4 Å². The van der Waals surface area contributed by atoms with E-state index in [0.29, 0.717) is 0 Å². The van der Waals surface area contributed by atoms with Crippen molar-refractivity contribution in [3.63, 3.8) is 0 Å². The van der Waals surface area contributed by atoms with Gasteiger partial charge >= 0.3 is 0 Å². The van der Waals surface area contributed by atoms with E-state index in [1.165, 1.54) is 13.8 Å². The Hall–Kier alpha value is -2.24. The molecule has 0 spiro atoms. The average Bonchev–Trinajstić information content (AvgIpc) is 2.94. The van der Waals surface area contributed by atoms with Crippen molar-refractivity contribution in [2.24, 2.45) is 5.41 Å². The van der Waals surface area contributed by atoms with Crippen molar-refractivity contribution in [2.45, 2.75) is 26.7 Å². The molecule has 0 radical (unpaired) electrons. The van der Waals surface area contributed by atoms with Crippen molar-refractivity contribution in [1.82, 2.24) is 15.1 Å². The molecule has 1 aromatic heterocycles. The molecule has 4 nitrogen and oxygen atoms in total. The maximum Gasteiger partial charge on any atom is 0.245 e. The molecule has 0 saturated carbocycles. The molecule has 0 unspecified atom stereocenters. The number of amides is 1. The highest BCUT2D eigenvalue weighted by Gasteiger charge is 2.29. The van der Waals surface area contributed by atoms with Crippen LogP contribution < -0.4 is 5.32 Å². The molecule has 0 fully saturated rings. The summed E-state index contributed by atoms with van der Waals surface area (Å²) in [5, 5.41) is 6.74. The minimum Gasteiger partial charge on any atom is -0.355 e. The zero-order valence-electron chi connectivity index (χ0n) is 12.6. The Bertz CT molecular complexity index is 623. The van der Waals surface area contributed by atoms with Gasteiger partial charge in [-0.3, -0.25) is 4.79 Å². The fourth-order valence-corrected chi connectivity index (χ4v) is 1.82. The standard InChI is InChI=1S/C16H19F2N3O/c1-16(2,15(17)18)11-19-14(22)8-12-9-20-21(10-12)13-6-4-3-5-7-13/h3-7,9-10,15H,8,11H2,1-2H3,(H,19,22). The van der Waals surface area contributed by atoms with Crippen molar-refractivity contribution in [3.8, 4) is 5.69 Å². The minimum atomic E-state index is -2.48. The number of carbonyl (C=O) groups excluding carboxylic acids is 1. The third kappa shape index (κ3) is 4.13. The fraction of sp³-hybridized carbons (Fsp3) is 0.375. The van der Waals surface area contributed by atoms with Crippen LogP contribution in [0.4, 0.5) is 8.78 Å². The Balaban J connectivity index is 1.92. The number of alkyl halides is 2. The van der Waals surface area contributed by atoms with Gasteiger partial charge in [-0.05, 0) is 17.7 Å². The van der Waals surface area contributed by atoms with Crippen molar-refractivity contribution in [3.05, 3.63) is 48.3 Å². The number of nitrogens with one attached hydrogen (secondary N) is 1. The quantitative estimate of drug-likeness (QED) is 0.892. The highest BCUT2D eigenvalue weighted by molar-refractivity contribution is 5.78. The minimum absolute atomic E-state index is 0.0592. The number of halogens is 2. The molecule has 0 atom stereocenters. The highest BCUT2D eigenvalue weighted by atomic mass is 19.3. The van der Waals surface area contributed by atoms with Crippen LogP contribution in [0.3, 0.4) is 0 Å². The van der Waals surface area contributed by atoms with Gasteiger partial charge in [0.05, 0.1) is 18.3 Å². The molecule has 0 aliphatic heterocycles. The van der Waals surface area contributed by atoms with Crippen LogP contribution in [-0.2, 0) is 11.2 Å². The van der Waals surface area contributed by atoms with E-state index in [-0.39, 0.29) is 18.9 Å². The summed E-state index contributed by atoms with van der Waals surface area (Å²) in [5.74, 6) is -0.290. The molecule has 0 bridgehead atoms. The predicted molar refractivity (Wildman–Crippen MR) is 80.1 cm³/mol. The summed E-state index contributed by atoms with van der Waals surface area (Å²) in [6.45, 7) is 2.78. The molecule has 1 N–H and O–H groups in total. The SMILES string of the molecule is CC(C)(CNC(=O)Cc1cnn(-c2ccccc2)c1)C(F)F. The van der Waals surface area contributed by atoms with E-state index in [0.717, 1.165) is 11.3 Å². The lowest BCUT2D eigenvalue weighted by molar-refractivity contribution is -0.121. The van der Waals surface area contributed by atoms with Gasteiger partial charge in [-0.2, -0.15) is 5.10 Å². The maximum atomic E-state index is 12.7. The van der Waals surface area contributed by atoms with Crippen LogP contribution in [-0.4, -0.2) is 28.7 Å². The van der Waals surface area contributed by atoms with Crippen LogP contribution >= 0.6 is 0 Å². The van der Waals surface area contributed by atoms with Crippen LogP contribution in [0.5, 0.6) is 0 Å². The van der Waals surface area contributed by atoms with Crippen LogP contribution in [0.2, 0.25) is 0 Å². The van der Waals surface area contributed by atoms with Crippen molar-refractivity contribution in [1.29, 1.82) is 0 Å². The predicted octanol–water partition coefficient (Wildman–Crippen LogP) is 2.82. The molecule has 1 amide bonds. The van der Waals surface area contributed by atoms with Gasteiger partial charge in [0.15, 0.2) is 0 Å². The van der Waals surface area contributed by atoms with Gasteiger partial charge in [0.1, 0.15) is 0 Å². The van der Waals surface area contributed by atoms with Crippen molar-refractivity contribution < 1.29 is 13.6 Å². The van der Waals surface area contributed by atoms with Crippen molar-refractivity contribution >= 4 is 5.91 Å². The molecular weight excluding hydrogens is 288 g/mol. The smallest absolute Gasteiger partial charge is 0.245 e. The Morgan fingerprint density at radius 2 is 2.00 bits per heavy atom. The highest BCUT2D eigenvalue weighted by Crippen LogP contribution is 2.23. The number of aromatic nitrogens is 2. The lowest BCUT2D eigenvalue weighted by Crippen LogP contribution is -2.38. The van der Waals surface area contributed by atoms with E-state index in [1.807, 2.05) is 30.3 Å². The second-order valence-electron chi connectivity index (χ2n) is 5.87. The van der Waals surface area contributed by atoms with Gasteiger partial charge in [-0.25, -0.2) is 13.5 Å². The summed E-state index contributed by atoms with van der Waals surface area (Å²) in [5.41, 5.74) is 0.397. The topological polar surface area (TPSA) is 46.9 Å². The molecule has 0 saturated heterocycles. The molecule has 0 aliphatic carbocycles. The number of para-hydroxylation sites is 1. The second-order valence-corrected chi connectivity index (χ2v) is 5.87. The van der Waals surface area contributed by atoms with Gasteiger partial charge in [-0.1, -0.05) is 32.0 Å². The largest absolute Gasteiger partial charge is 0.355 e. The first-order valence-electron chi connectivity index (χ1n) is 7.02. The van der Waals surface area contributed by atoms with E-state index in [2.05, 4.69) is 10.4 Å². The lowest BCUT2D eigenvalue weighted by Gasteiger charge is -2.23. The van der Waals surface area contributed by atoms with E-state index < -0.39 is 11.8 Å². The van der Waals surface area contributed by atoms with E-state index in [1.54, 1.807) is 17.1 Å². The molecule has 2 rings (SSSR count). The van der Waals surface area contributed by atoms with Crippen LogP contribution in [0, 0.1) is 5.41 Å². The molecule has 0 aliphatic rings. The van der Waals surface area contributed by atoms with Crippen molar-refractivity contribution in [2.75, 3.05) is 6.54 Å². The van der Waals surface area contributed by atoms with E-state index >= 15 is 0 Å². The maximum absolute atomic E-state index is 12.7. The molecule has 6 heteroatoms. The molecule has 22 heavy (non-hydrogen) atoms. The Labute approximate surface area is 128 Å². The fourth-order valence-electron chi connectivity index (χ4n) is 1.82. The average molecular weight is 307 g/mol. The van der Waals surface area contributed by atoms with E-state index in [9.17, 15) is 13.6 Å². The number of carbonyl (C=O) groups is 1. The van der Waals surface area contributed by atoms with Gasteiger partial charge in [-0.15, -0.1) is 0 Å². The summed E-state index contributed by atoms with van der Waals surface area (Å²) in [6, 6.07) is 9.52. The first-order chi connectivity index (χ1) is 10.4. The first-order valence-corrected chi connectivity index (χ1v) is 7.02. The summed E-state index contributed by atoms with van der Waals surface area (Å²) in [7, 11) is 0. The molecule has 1 heterocycles. The monoisotopic (exact) mass is 307 g/mol. The zero-order chi connectivity index (χ0) is 16.2. The number of hydrogen-bond acceptors (Lipinski definition) is 2. The van der Waals surface area contributed by atoms with Gasteiger partial charge in [0.25, 0.3) is 0 Å². The number of nitrogens with zero attached hydrogens (tertiary/aromatic N) is 2. The summed E-state index contributed by atoms with van der Waals surface area (Å²) < 4.78 is 27.1. The second kappa shape index (κ2) is 6.68. The number of rotatable bonds is 6. The van der Waals surface area contributed by atoms with Crippen LogP contribution in [0.25, 0.3) is 5.69 Å². The summed E-state index contributed by atoms with van der Waals surface area (Å²) in [4.78, 5) is 11.8. The molecular formula is C16H19F2N3O. The van der Waals surface area contributed by atoms with Crippen LogP contribution in [0.15, 0.2) is 42.7 Å². The Kier molecular flexibility index (Phi) is 4.90. The Morgan fingerprint density at radius 3 is 2.64 bits per heavy atom. The zero-order valence-corrected chi connectivity index (χ0v) is 12.6. The number of hydrogen-bond donors (Lipinski definition) is 1. The molecule has 118 valence electrons. The van der Waals surface area contributed by atoms with E-state index in [4.69, 9.17) is 0 Å². The first kappa shape index (κ1) is 16.1. The normalized spacial score (nSPS) is 11.7. The number of benzene rings is 1. The summed E-state index contributed by atoms with van der Waals surface area (Å²) in [6.07, 6.45) is 0.998. The third-order valence-electron chi connectivity index (χ3n) is 3.35. The molecule has 2 aromatic rings. The van der Waals surface area contributed by atoms with Gasteiger partial charge < -0.3 is 5.32 Å².